The minimum atomic E-state index is -3.39. The van der Waals surface area contributed by atoms with Crippen molar-refractivity contribution in [3.05, 3.63) is 59.5 Å². The smallest absolute Gasteiger partial charge is 0.262 e. The Morgan fingerprint density at radius 1 is 1.00 bits per heavy atom. The molecule has 0 saturated carbocycles. The van der Waals surface area contributed by atoms with Gasteiger partial charge < -0.3 is 14.0 Å². The molecule has 1 aliphatic rings. The second-order valence-corrected chi connectivity index (χ2v) is 9.75. The summed E-state index contributed by atoms with van der Waals surface area (Å²) in [4.78, 5) is 31.4. The number of rotatable bonds is 8. The lowest BCUT2D eigenvalue weighted by atomic mass is 10.1. The number of hydrogen-bond acceptors (Lipinski definition) is 9. The Labute approximate surface area is 190 Å². The van der Waals surface area contributed by atoms with Gasteiger partial charge in [-0.2, -0.15) is 4.98 Å². The number of ether oxygens (including phenoxy) is 2. The van der Waals surface area contributed by atoms with Crippen LogP contribution in [0.15, 0.2) is 47.0 Å². The zero-order chi connectivity index (χ0) is 23.8. The van der Waals surface area contributed by atoms with Crippen LogP contribution in [0.5, 0.6) is 11.5 Å². The van der Waals surface area contributed by atoms with Crippen molar-refractivity contribution >= 4 is 21.7 Å². The fourth-order valence-corrected chi connectivity index (χ4v) is 4.29. The van der Waals surface area contributed by atoms with Gasteiger partial charge in [0.1, 0.15) is 15.9 Å². The third kappa shape index (κ3) is 4.31. The summed E-state index contributed by atoms with van der Waals surface area (Å²) < 4.78 is 39.6. The van der Waals surface area contributed by atoms with Gasteiger partial charge in [-0.1, -0.05) is 17.3 Å². The average molecular weight is 471 g/mol. The van der Waals surface area contributed by atoms with Crippen molar-refractivity contribution in [3.8, 4) is 22.9 Å². The van der Waals surface area contributed by atoms with Crippen molar-refractivity contribution in [2.24, 2.45) is 0 Å². The lowest BCUT2D eigenvalue weighted by Gasteiger charge is -2.22. The molecule has 0 spiro atoms. The van der Waals surface area contributed by atoms with Gasteiger partial charge in [-0.15, -0.1) is 0 Å². The maximum Gasteiger partial charge on any atom is 0.262 e. The predicted molar refractivity (Wildman–Crippen MR) is 117 cm³/mol. The molecule has 0 bridgehead atoms. The lowest BCUT2D eigenvalue weighted by molar-refractivity contribution is 0.0547. The van der Waals surface area contributed by atoms with Crippen LogP contribution in [0.25, 0.3) is 11.4 Å². The summed E-state index contributed by atoms with van der Waals surface area (Å²) in [5.41, 5.74) is 1.03. The van der Waals surface area contributed by atoms with E-state index in [0.29, 0.717) is 17.1 Å². The molecule has 0 N–H and O–H groups in total. The molecule has 2 amide bonds. The number of benzene rings is 2. The largest absolute Gasteiger partial charge is 0.493 e. The molecule has 11 heteroatoms. The molecular formula is C22H21N3O7S. The van der Waals surface area contributed by atoms with Gasteiger partial charge in [-0.3, -0.25) is 14.5 Å². The van der Waals surface area contributed by atoms with Crippen molar-refractivity contribution < 1.29 is 32.0 Å². The van der Waals surface area contributed by atoms with E-state index in [1.165, 1.54) is 14.2 Å². The van der Waals surface area contributed by atoms with Crippen LogP contribution in [-0.2, 0) is 9.84 Å². The summed E-state index contributed by atoms with van der Waals surface area (Å²) in [5, 5.41) is 3.97. The van der Waals surface area contributed by atoms with Crippen LogP contribution in [0.4, 0.5) is 0 Å². The topological polar surface area (TPSA) is 129 Å². The number of imide groups is 1. The predicted octanol–water partition coefficient (Wildman–Crippen LogP) is 2.53. The summed E-state index contributed by atoms with van der Waals surface area (Å²) in [5.74, 6) is -0.249. The third-order valence-corrected chi connectivity index (χ3v) is 6.25. The molecule has 0 unspecified atom stereocenters. The van der Waals surface area contributed by atoms with Crippen molar-refractivity contribution in [3.63, 3.8) is 0 Å². The van der Waals surface area contributed by atoms with E-state index < -0.39 is 27.7 Å². The van der Waals surface area contributed by atoms with Gasteiger partial charge in [0.2, 0.25) is 11.7 Å². The fraction of sp³-hybridized carbons (Fsp3) is 0.273. The van der Waals surface area contributed by atoms with Crippen LogP contribution in [0.2, 0.25) is 0 Å². The lowest BCUT2D eigenvalue weighted by Crippen LogP contribution is -2.35. The first-order valence-corrected chi connectivity index (χ1v) is 12.0. The van der Waals surface area contributed by atoms with Crippen LogP contribution >= 0.6 is 0 Å². The summed E-state index contributed by atoms with van der Waals surface area (Å²) in [6, 6.07) is 10.4. The minimum absolute atomic E-state index is 0.0436. The Kier molecular flexibility index (Phi) is 5.90. The summed E-state index contributed by atoms with van der Waals surface area (Å²) in [7, 11) is -0.386. The van der Waals surface area contributed by atoms with Gasteiger partial charge in [-0.05, 0) is 36.8 Å². The first-order chi connectivity index (χ1) is 15.7. The van der Waals surface area contributed by atoms with E-state index >= 15 is 0 Å². The first kappa shape index (κ1) is 22.5. The molecule has 0 aliphatic carbocycles. The third-order valence-electron chi connectivity index (χ3n) is 5.27. The number of hydrogen-bond donors (Lipinski definition) is 0. The van der Waals surface area contributed by atoms with Gasteiger partial charge >= 0.3 is 0 Å². The Balaban J connectivity index is 1.72. The Morgan fingerprint density at radius 2 is 1.64 bits per heavy atom. The SMILES string of the molecule is COc1ccc(-c2noc([C@@H](CCS(C)(=O)=O)N3C(=O)c4ccccc4C3=O)n2)cc1OC. The number of carbonyl (C=O) groups excluding carboxylic acids is 2. The maximum absolute atomic E-state index is 13.0. The maximum atomic E-state index is 13.0. The second kappa shape index (κ2) is 8.66. The highest BCUT2D eigenvalue weighted by atomic mass is 32.2. The number of fused-ring (bicyclic) bond motifs is 1. The molecule has 1 atom stereocenters. The standard InChI is InChI=1S/C22H21N3O7S/c1-30-17-9-8-13(12-18(17)31-2)19-23-20(32-24-19)16(10-11-33(3,28)29)25-21(26)14-6-4-5-7-15(14)22(25)27/h4-9,12,16H,10-11H2,1-3H3/t16-/m1/s1. The number of amides is 2. The van der Waals surface area contributed by atoms with Gasteiger partial charge in [-0.25, -0.2) is 8.42 Å². The Hall–Kier alpha value is -3.73. The van der Waals surface area contributed by atoms with Crippen molar-refractivity contribution in [2.45, 2.75) is 12.5 Å². The number of aromatic nitrogens is 2. The minimum Gasteiger partial charge on any atom is -0.493 e. The van der Waals surface area contributed by atoms with E-state index in [1.807, 2.05) is 0 Å². The van der Waals surface area contributed by atoms with Gasteiger partial charge in [0.15, 0.2) is 11.5 Å². The summed E-state index contributed by atoms with van der Waals surface area (Å²) >= 11 is 0. The number of methoxy groups -OCH3 is 2. The highest BCUT2D eigenvalue weighted by Gasteiger charge is 2.42. The normalized spacial score (nSPS) is 14.3. The molecule has 0 radical (unpaired) electrons. The molecule has 1 aliphatic heterocycles. The zero-order valence-electron chi connectivity index (χ0n) is 18.1. The van der Waals surface area contributed by atoms with E-state index in [0.717, 1.165) is 11.2 Å². The van der Waals surface area contributed by atoms with Crippen molar-refractivity contribution in [1.29, 1.82) is 0 Å². The molecule has 1 aromatic heterocycles. The van der Waals surface area contributed by atoms with Crippen molar-refractivity contribution in [2.75, 3.05) is 26.2 Å². The molecule has 2 aromatic carbocycles. The number of nitrogens with zero attached hydrogens (tertiary/aromatic N) is 3. The summed E-state index contributed by atoms with van der Waals surface area (Å²) in [6.45, 7) is 0. The summed E-state index contributed by atoms with van der Waals surface area (Å²) in [6.07, 6.45) is 0.993. The van der Waals surface area contributed by atoms with Crippen LogP contribution < -0.4 is 9.47 Å². The molecule has 33 heavy (non-hydrogen) atoms. The van der Waals surface area contributed by atoms with Crippen LogP contribution in [0.1, 0.15) is 39.1 Å². The monoisotopic (exact) mass is 471 g/mol. The van der Waals surface area contributed by atoms with E-state index in [1.54, 1.807) is 42.5 Å². The van der Waals surface area contributed by atoms with Crippen molar-refractivity contribution in [1.82, 2.24) is 15.0 Å². The van der Waals surface area contributed by atoms with Crippen LogP contribution in [0.3, 0.4) is 0 Å². The second-order valence-electron chi connectivity index (χ2n) is 7.49. The molecule has 0 fully saturated rings. The van der Waals surface area contributed by atoms with E-state index in [9.17, 15) is 18.0 Å². The van der Waals surface area contributed by atoms with Gasteiger partial charge in [0.05, 0.1) is 31.1 Å². The molecular weight excluding hydrogens is 450 g/mol. The van der Waals surface area contributed by atoms with E-state index in [4.69, 9.17) is 14.0 Å². The molecule has 4 rings (SSSR count). The highest BCUT2D eigenvalue weighted by molar-refractivity contribution is 7.90. The first-order valence-electron chi connectivity index (χ1n) is 9.94. The Bertz CT molecular complexity index is 1300. The fourth-order valence-electron chi connectivity index (χ4n) is 3.64. The molecule has 10 nitrogen and oxygen atoms in total. The Morgan fingerprint density at radius 3 is 2.21 bits per heavy atom. The number of sulfone groups is 1. The molecule has 172 valence electrons. The van der Waals surface area contributed by atoms with Gasteiger partial charge in [0.25, 0.3) is 11.8 Å². The molecule has 3 aromatic rings. The highest BCUT2D eigenvalue weighted by Crippen LogP contribution is 2.35. The van der Waals surface area contributed by atoms with Gasteiger partial charge in [0, 0.05) is 11.8 Å². The van der Waals surface area contributed by atoms with Crippen LogP contribution in [-0.4, -0.2) is 61.5 Å². The van der Waals surface area contributed by atoms with E-state index in [-0.39, 0.29) is 35.0 Å². The average Bonchev–Trinajstić information content (AvgIpc) is 3.38. The quantitative estimate of drug-likeness (QED) is 0.455. The molecule has 2 heterocycles. The van der Waals surface area contributed by atoms with Crippen LogP contribution in [0, 0.1) is 0 Å². The zero-order valence-corrected chi connectivity index (χ0v) is 19.0. The molecule has 0 saturated heterocycles. The number of carbonyl (C=O) groups is 2. The van der Waals surface area contributed by atoms with E-state index in [2.05, 4.69) is 10.1 Å².